The predicted molar refractivity (Wildman–Crippen MR) is 105 cm³/mol. The highest BCUT2D eigenvalue weighted by Gasteiger charge is 2.41. The first-order valence-electron chi connectivity index (χ1n) is 7.98. The number of amides is 2. The fourth-order valence-corrected chi connectivity index (χ4v) is 4.35. The van der Waals surface area contributed by atoms with Gasteiger partial charge in [-0.2, -0.15) is 0 Å². The lowest BCUT2D eigenvalue weighted by atomic mass is 10.0. The van der Waals surface area contributed by atoms with Gasteiger partial charge in [-0.3, -0.25) is 14.5 Å². The molecule has 2 N–H and O–H groups in total. The molecule has 1 heterocycles. The molecule has 6 nitrogen and oxygen atoms in total. The van der Waals surface area contributed by atoms with E-state index in [9.17, 15) is 14.4 Å². The van der Waals surface area contributed by atoms with Crippen molar-refractivity contribution in [1.82, 2.24) is 10.2 Å². The fraction of sp³-hybridized carbons (Fsp3) is 0.412. The van der Waals surface area contributed by atoms with Crippen LogP contribution in [0.3, 0.4) is 0 Å². The number of aliphatic hydroxyl groups is 1. The number of aldehydes is 1. The van der Waals surface area contributed by atoms with Gasteiger partial charge in [0.1, 0.15) is 16.6 Å². The van der Waals surface area contributed by atoms with Crippen LogP contribution in [0.15, 0.2) is 24.3 Å². The van der Waals surface area contributed by atoms with Gasteiger partial charge in [0.2, 0.25) is 5.91 Å². The summed E-state index contributed by atoms with van der Waals surface area (Å²) in [5, 5.41) is 12.0. The molecule has 9 heteroatoms. The third kappa shape index (κ3) is 5.03. The molecule has 0 bridgehead atoms. The molecule has 3 atom stereocenters. The number of hydrogen-bond donors (Lipinski definition) is 2. The lowest BCUT2D eigenvalue weighted by Crippen LogP contribution is -2.55. The summed E-state index contributed by atoms with van der Waals surface area (Å²) in [4.78, 5) is 36.8. The van der Waals surface area contributed by atoms with Crippen molar-refractivity contribution in [2.75, 3.05) is 13.2 Å². The molecule has 0 spiro atoms. The number of carbonyl (C=O) groups is 3. The highest BCUT2D eigenvalue weighted by molar-refractivity contribution is 8.23. The van der Waals surface area contributed by atoms with Crippen LogP contribution >= 0.6 is 35.6 Å². The minimum Gasteiger partial charge on any atom is -0.396 e. The first-order chi connectivity index (χ1) is 12.4. The second-order valence-electron chi connectivity index (χ2n) is 5.89. The number of aliphatic hydroxyl groups excluding tert-OH is 1. The number of carbonyl (C=O) groups excluding carboxylic acids is 3. The first-order valence-corrected chi connectivity index (χ1v) is 9.64. The lowest BCUT2D eigenvalue weighted by Gasteiger charge is -2.38. The Kier molecular flexibility index (Phi) is 7.57. The van der Waals surface area contributed by atoms with Gasteiger partial charge in [0.05, 0.1) is 11.9 Å². The Bertz CT molecular complexity index is 699. The summed E-state index contributed by atoms with van der Waals surface area (Å²) in [6, 6.07) is 6.26. The van der Waals surface area contributed by atoms with Crippen LogP contribution in [0.25, 0.3) is 0 Å². The van der Waals surface area contributed by atoms with E-state index in [-0.39, 0.29) is 30.2 Å². The summed E-state index contributed by atoms with van der Waals surface area (Å²) in [7, 11) is 0. The van der Waals surface area contributed by atoms with E-state index in [0.717, 1.165) is 5.56 Å². The number of hydrogen-bond acceptors (Lipinski definition) is 6. The van der Waals surface area contributed by atoms with Crippen molar-refractivity contribution in [1.29, 1.82) is 0 Å². The number of halogens is 1. The molecule has 0 aromatic heterocycles. The molecule has 2 amide bonds. The van der Waals surface area contributed by atoms with E-state index in [0.29, 0.717) is 22.1 Å². The molecule has 0 saturated carbocycles. The molecule has 1 aromatic carbocycles. The van der Waals surface area contributed by atoms with Crippen LogP contribution in [0.2, 0.25) is 5.02 Å². The molecule has 0 radical (unpaired) electrons. The van der Waals surface area contributed by atoms with Crippen LogP contribution in [-0.2, 0) is 14.4 Å². The van der Waals surface area contributed by atoms with E-state index in [1.165, 1.54) is 23.6 Å². The van der Waals surface area contributed by atoms with Crippen molar-refractivity contribution < 1.29 is 19.5 Å². The number of thiocarbonyl (C=S) groups is 1. The SMILES string of the molecule is CC(=O)N[C@@H]1C(=O)N(CCC(C=O)CO)C(=S)S[C@H]1c1ccc(Cl)cc1. The number of nitrogens with zero attached hydrogens (tertiary/aromatic N) is 1. The van der Waals surface area contributed by atoms with Gasteiger partial charge in [-0.25, -0.2) is 0 Å². The van der Waals surface area contributed by atoms with E-state index >= 15 is 0 Å². The number of benzene rings is 1. The number of thioether (sulfide) groups is 1. The molecule has 1 fully saturated rings. The maximum atomic E-state index is 12.9. The molecular formula is C17H19ClN2O4S2. The van der Waals surface area contributed by atoms with Crippen LogP contribution < -0.4 is 5.32 Å². The Morgan fingerprint density at radius 3 is 2.65 bits per heavy atom. The Balaban J connectivity index is 2.24. The summed E-state index contributed by atoms with van der Waals surface area (Å²) in [6.07, 6.45) is 0.956. The lowest BCUT2D eigenvalue weighted by molar-refractivity contribution is -0.133. The third-order valence-corrected chi connectivity index (χ3v) is 5.97. The molecule has 1 unspecified atom stereocenters. The largest absolute Gasteiger partial charge is 0.396 e. The smallest absolute Gasteiger partial charge is 0.252 e. The fourth-order valence-electron chi connectivity index (χ4n) is 2.60. The van der Waals surface area contributed by atoms with Gasteiger partial charge in [-0.05, 0) is 24.1 Å². The highest BCUT2D eigenvalue weighted by Crippen LogP contribution is 2.39. The summed E-state index contributed by atoms with van der Waals surface area (Å²) in [6.45, 7) is 1.27. The summed E-state index contributed by atoms with van der Waals surface area (Å²) in [5.41, 5.74) is 0.828. The molecule has 1 aliphatic rings. The number of rotatable bonds is 7. The van der Waals surface area contributed by atoms with E-state index in [2.05, 4.69) is 5.32 Å². The average Bonchev–Trinajstić information content (AvgIpc) is 2.61. The van der Waals surface area contributed by atoms with Gasteiger partial charge in [-0.15, -0.1) is 0 Å². The molecular weight excluding hydrogens is 396 g/mol. The van der Waals surface area contributed by atoms with E-state index in [1.807, 2.05) is 0 Å². The zero-order chi connectivity index (χ0) is 19.3. The minimum atomic E-state index is -0.783. The summed E-state index contributed by atoms with van der Waals surface area (Å²) in [5.74, 6) is -1.20. The van der Waals surface area contributed by atoms with Crippen molar-refractivity contribution >= 4 is 58.0 Å². The van der Waals surface area contributed by atoms with E-state index in [1.54, 1.807) is 24.3 Å². The monoisotopic (exact) mass is 414 g/mol. The molecule has 2 rings (SSSR count). The van der Waals surface area contributed by atoms with Crippen LogP contribution in [0, 0.1) is 5.92 Å². The van der Waals surface area contributed by atoms with Gasteiger partial charge in [0, 0.05) is 24.4 Å². The normalized spacial score (nSPS) is 21.4. The van der Waals surface area contributed by atoms with Gasteiger partial charge in [0.15, 0.2) is 0 Å². The van der Waals surface area contributed by atoms with Crippen molar-refractivity contribution in [3.63, 3.8) is 0 Å². The summed E-state index contributed by atoms with van der Waals surface area (Å²) >= 11 is 12.6. The highest BCUT2D eigenvalue weighted by atomic mass is 35.5. The Morgan fingerprint density at radius 2 is 2.12 bits per heavy atom. The van der Waals surface area contributed by atoms with Gasteiger partial charge < -0.3 is 15.2 Å². The first kappa shape index (κ1) is 20.8. The third-order valence-electron chi connectivity index (χ3n) is 3.99. The van der Waals surface area contributed by atoms with E-state index < -0.39 is 12.0 Å². The maximum absolute atomic E-state index is 12.9. The van der Waals surface area contributed by atoms with E-state index in [4.69, 9.17) is 28.9 Å². The average molecular weight is 415 g/mol. The van der Waals surface area contributed by atoms with Crippen LogP contribution in [0.4, 0.5) is 0 Å². The molecule has 1 aromatic rings. The van der Waals surface area contributed by atoms with Gasteiger partial charge in [0.25, 0.3) is 5.91 Å². The van der Waals surface area contributed by atoms with Crippen LogP contribution in [0.1, 0.15) is 24.2 Å². The second kappa shape index (κ2) is 9.45. The zero-order valence-electron chi connectivity index (χ0n) is 14.1. The second-order valence-corrected chi connectivity index (χ2v) is 8.10. The van der Waals surface area contributed by atoms with Crippen molar-refractivity contribution in [2.45, 2.75) is 24.6 Å². The molecule has 1 saturated heterocycles. The molecule has 0 aliphatic carbocycles. The van der Waals surface area contributed by atoms with Crippen LogP contribution in [-0.4, -0.2) is 51.6 Å². The zero-order valence-corrected chi connectivity index (χ0v) is 16.4. The molecule has 1 aliphatic heterocycles. The van der Waals surface area contributed by atoms with Crippen LogP contribution in [0.5, 0.6) is 0 Å². The topological polar surface area (TPSA) is 86.7 Å². The molecule has 26 heavy (non-hydrogen) atoms. The standard InChI is InChI=1S/C17H19ClN2O4S2/c1-10(23)19-14-15(12-2-4-13(18)5-3-12)26-17(25)20(16(14)24)7-6-11(8-21)9-22/h2-5,8,11,14-15,22H,6-7,9H2,1H3,(H,19,23)/t11?,14-,15-/m0/s1. The van der Waals surface area contributed by atoms with Gasteiger partial charge in [-0.1, -0.05) is 47.7 Å². The quantitative estimate of drug-likeness (QED) is 0.523. The minimum absolute atomic E-state index is 0.206. The predicted octanol–water partition coefficient (Wildman–Crippen LogP) is 1.94. The van der Waals surface area contributed by atoms with Crippen molar-refractivity contribution in [2.24, 2.45) is 5.92 Å². The Hall–Kier alpha value is -1.48. The maximum Gasteiger partial charge on any atom is 0.252 e. The Labute approximate surface area is 166 Å². The number of nitrogens with one attached hydrogen (secondary N) is 1. The Morgan fingerprint density at radius 1 is 1.46 bits per heavy atom. The summed E-state index contributed by atoms with van der Waals surface area (Å²) < 4.78 is 0.374. The van der Waals surface area contributed by atoms with Gasteiger partial charge >= 0.3 is 0 Å². The molecule has 140 valence electrons. The van der Waals surface area contributed by atoms with Crippen molar-refractivity contribution in [3.8, 4) is 0 Å². The van der Waals surface area contributed by atoms with Crippen molar-refractivity contribution in [3.05, 3.63) is 34.9 Å².